The number of hydrogen-bond acceptors (Lipinski definition) is 5. The van der Waals surface area contributed by atoms with Crippen LogP contribution in [-0.2, 0) is 4.74 Å². The summed E-state index contributed by atoms with van der Waals surface area (Å²) in [6.45, 7) is 2.86. The van der Waals surface area contributed by atoms with Gasteiger partial charge in [-0.25, -0.2) is 0 Å². The van der Waals surface area contributed by atoms with Crippen molar-refractivity contribution in [2.24, 2.45) is 0 Å². The molecule has 1 saturated heterocycles. The number of carbonyl (C=O) groups excluding carboxylic acids is 1. The van der Waals surface area contributed by atoms with Gasteiger partial charge in [-0.15, -0.1) is 0 Å². The van der Waals surface area contributed by atoms with Crippen LogP contribution in [-0.4, -0.2) is 75.4 Å². The number of benzene rings is 1. The fourth-order valence-corrected chi connectivity index (χ4v) is 3.33. The maximum absolute atomic E-state index is 12.7. The number of amides is 1. The molecule has 0 bridgehead atoms. The van der Waals surface area contributed by atoms with E-state index in [1.165, 1.54) is 0 Å². The van der Waals surface area contributed by atoms with Crippen LogP contribution < -0.4 is 9.47 Å². The summed E-state index contributed by atoms with van der Waals surface area (Å²) in [6, 6.07) is 5.74. The van der Waals surface area contributed by atoms with Crippen molar-refractivity contribution in [2.45, 2.75) is 25.0 Å². The molecule has 0 radical (unpaired) electrons. The molecule has 2 aliphatic heterocycles. The lowest BCUT2D eigenvalue weighted by molar-refractivity contribution is 0.0759. The lowest BCUT2D eigenvalue weighted by atomic mass is 10.1. The van der Waals surface area contributed by atoms with Crippen LogP contribution in [0.15, 0.2) is 18.2 Å². The Morgan fingerprint density at radius 2 is 2.08 bits per heavy atom. The number of methoxy groups -OCH3 is 1. The highest BCUT2D eigenvalue weighted by Gasteiger charge is 2.31. The smallest absolute Gasteiger partial charge is 0.253 e. The van der Waals surface area contributed by atoms with E-state index in [1.54, 1.807) is 18.1 Å². The summed E-state index contributed by atoms with van der Waals surface area (Å²) in [5, 5.41) is 0. The zero-order valence-corrected chi connectivity index (χ0v) is 14.7. The largest absolute Gasteiger partial charge is 0.490 e. The SMILES string of the molecule is CO[C@H]1C[C@@H](CN(C)C(=O)c2ccc3c(c2)OCCCO3)N(C)C1. The van der Waals surface area contributed by atoms with Gasteiger partial charge >= 0.3 is 0 Å². The Bertz CT molecular complexity index is 592. The summed E-state index contributed by atoms with van der Waals surface area (Å²) in [4.78, 5) is 16.8. The van der Waals surface area contributed by atoms with Crippen molar-refractivity contribution in [1.82, 2.24) is 9.80 Å². The molecule has 1 aromatic carbocycles. The van der Waals surface area contributed by atoms with Gasteiger partial charge in [0.15, 0.2) is 11.5 Å². The maximum atomic E-state index is 12.7. The highest BCUT2D eigenvalue weighted by Crippen LogP contribution is 2.31. The van der Waals surface area contributed by atoms with Crippen molar-refractivity contribution in [3.63, 3.8) is 0 Å². The summed E-state index contributed by atoms with van der Waals surface area (Å²) in [5.74, 6) is 1.37. The number of carbonyl (C=O) groups is 1. The van der Waals surface area contributed by atoms with Gasteiger partial charge in [0.05, 0.1) is 19.3 Å². The van der Waals surface area contributed by atoms with Gasteiger partial charge in [0.25, 0.3) is 5.91 Å². The number of nitrogens with zero attached hydrogens (tertiary/aromatic N) is 2. The molecule has 0 N–H and O–H groups in total. The number of hydrogen-bond donors (Lipinski definition) is 0. The molecular weight excluding hydrogens is 308 g/mol. The molecule has 1 fully saturated rings. The Balaban J connectivity index is 1.66. The molecule has 0 spiro atoms. The molecule has 6 nitrogen and oxygen atoms in total. The van der Waals surface area contributed by atoms with E-state index >= 15 is 0 Å². The fraction of sp³-hybridized carbons (Fsp3) is 0.611. The Hall–Kier alpha value is -1.79. The van der Waals surface area contributed by atoms with E-state index in [4.69, 9.17) is 14.2 Å². The van der Waals surface area contributed by atoms with Gasteiger partial charge in [0, 0.05) is 45.3 Å². The van der Waals surface area contributed by atoms with E-state index in [0.29, 0.717) is 42.9 Å². The summed E-state index contributed by atoms with van der Waals surface area (Å²) >= 11 is 0. The summed E-state index contributed by atoms with van der Waals surface area (Å²) in [7, 11) is 5.67. The van der Waals surface area contributed by atoms with Crippen LogP contribution in [0.5, 0.6) is 11.5 Å². The molecule has 3 rings (SSSR count). The molecule has 2 aliphatic rings. The average Bonchev–Trinajstić information content (AvgIpc) is 2.80. The zero-order chi connectivity index (χ0) is 17.1. The highest BCUT2D eigenvalue weighted by molar-refractivity contribution is 5.94. The van der Waals surface area contributed by atoms with Gasteiger partial charge in [-0.2, -0.15) is 0 Å². The van der Waals surface area contributed by atoms with Crippen molar-refractivity contribution >= 4 is 5.91 Å². The molecule has 0 unspecified atom stereocenters. The van der Waals surface area contributed by atoms with E-state index in [-0.39, 0.29) is 12.0 Å². The highest BCUT2D eigenvalue weighted by atomic mass is 16.5. The predicted molar refractivity (Wildman–Crippen MR) is 90.8 cm³/mol. The quantitative estimate of drug-likeness (QED) is 0.838. The molecule has 24 heavy (non-hydrogen) atoms. The minimum absolute atomic E-state index is 0.0000798. The number of likely N-dealkylation sites (N-methyl/N-ethyl adjacent to an activating group) is 2. The van der Waals surface area contributed by atoms with Crippen LogP contribution >= 0.6 is 0 Å². The zero-order valence-electron chi connectivity index (χ0n) is 14.7. The van der Waals surface area contributed by atoms with Crippen molar-refractivity contribution in [3.05, 3.63) is 23.8 Å². The molecule has 0 aromatic heterocycles. The number of fused-ring (bicyclic) bond motifs is 1. The number of ether oxygens (including phenoxy) is 3. The minimum atomic E-state index is -0.0000798. The summed E-state index contributed by atoms with van der Waals surface area (Å²) in [6.07, 6.45) is 2.06. The van der Waals surface area contributed by atoms with Crippen molar-refractivity contribution in [2.75, 3.05) is 47.5 Å². The average molecular weight is 334 g/mol. The fourth-order valence-electron chi connectivity index (χ4n) is 3.33. The third kappa shape index (κ3) is 3.65. The van der Waals surface area contributed by atoms with Crippen LogP contribution in [0.2, 0.25) is 0 Å². The van der Waals surface area contributed by atoms with Crippen LogP contribution in [0.25, 0.3) is 0 Å². The van der Waals surface area contributed by atoms with E-state index in [9.17, 15) is 4.79 Å². The van der Waals surface area contributed by atoms with Gasteiger partial charge in [-0.05, 0) is 31.7 Å². The van der Waals surface area contributed by atoms with Crippen molar-refractivity contribution in [1.29, 1.82) is 0 Å². The molecule has 1 aromatic rings. The second kappa shape index (κ2) is 7.40. The minimum Gasteiger partial charge on any atom is -0.490 e. The molecule has 0 saturated carbocycles. The van der Waals surface area contributed by atoms with E-state index in [0.717, 1.165) is 19.4 Å². The monoisotopic (exact) mass is 334 g/mol. The predicted octanol–water partition coefficient (Wildman–Crippen LogP) is 1.64. The molecule has 1 amide bonds. The second-order valence-electron chi connectivity index (χ2n) is 6.58. The topological polar surface area (TPSA) is 51.2 Å². The first kappa shape index (κ1) is 17.0. The third-order valence-electron chi connectivity index (χ3n) is 4.81. The molecular formula is C18H26N2O4. The first-order valence-corrected chi connectivity index (χ1v) is 8.46. The number of likely N-dealkylation sites (tertiary alicyclic amines) is 1. The Morgan fingerprint density at radius 3 is 2.79 bits per heavy atom. The van der Waals surface area contributed by atoms with Gasteiger partial charge in [0.1, 0.15) is 0 Å². The van der Waals surface area contributed by atoms with Crippen LogP contribution in [0, 0.1) is 0 Å². The van der Waals surface area contributed by atoms with E-state index in [2.05, 4.69) is 11.9 Å². The lowest BCUT2D eigenvalue weighted by Gasteiger charge is -2.25. The van der Waals surface area contributed by atoms with Gasteiger partial charge < -0.3 is 19.1 Å². The van der Waals surface area contributed by atoms with E-state index < -0.39 is 0 Å². The molecule has 0 aliphatic carbocycles. The molecule has 2 atom stereocenters. The van der Waals surface area contributed by atoms with Crippen LogP contribution in [0.4, 0.5) is 0 Å². The van der Waals surface area contributed by atoms with Gasteiger partial charge in [0.2, 0.25) is 0 Å². The lowest BCUT2D eigenvalue weighted by Crippen LogP contribution is -2.39. The standard InChI is InChI=1S/C18H26N2O4/c1-19-12-15(22-3)10-14(19)11-20(2)18(21)13-5-6-16-17(9-13)24-8-4-7-23-16/h5-6,9,14-15H,4,7-8,10-12H2,1-3H3/t14-,15-/m0/s1. The molecule has 2 heterocycles. The maximum Gasteiger partial charge on any atom is 0.253 e. The van der Waals surface area contributed by atoms with Crippen LogP contribution in [0.3, 0.4) is 0 Å². The van der Waals surface area contributed by atoms with Gasteiger partial charge in [-0.1, -0.05) is 0 Å². The van der Waals surface area contributed by atoms with Gasteiger partial charge in [-0.3, -0.25) is 9.69 Å². The van der Waals surface area contributed by atoms with Crippen LogP contribution in [0.1, 0.15) is 23.2 Å². The van der Waals surface area contributed by atoms with Crippen molar-refractivity contribution < 1.29 is 19.0 Å². The van der Waals surface area contributed by atoms with E-state index in [1.807, 2.05) is 19.2 Å². The third-order valence-corrected chi connectivity index (χ3v) is 4.81. The first-order chi connectivity index (χ1) is 11.6. The summed E-state index contributed by atoms with van der Waals surface area (Å²) in [5.41, 5.74) is 0.630. The second-order valence-corrected chi connectivity index (χ2v) is 6.58. The Morgan fingerprint density at radius 1 is 1.33 bits per heavy atom. The Labute approximate surface area is 143 Å². The normalized spacial score (nSPS) is 23.8. The molecule has 6 heteroatoms. The summed E-state index contributed by atoms with van der Waals surface area (Å²) < 4.78 is 16.7. The number of rotatable bonds is 4. The Kier molecular flexibility index (Phi) is 5.26. The van der Waals surface area contributed by atoms with Crippen molar-refractivity contribution in [3.8, 4) is 11.5 Å². The molecule has 132 valence electrons. The first-order valence-electron chi connectivity index (χ1n) is 8.46.